The lowest BCUT2D eigenvalue weighted by Gasteiger charge is -2.39. The quantitative estimate of drug-likeness (QED) is 0.00708. The fraction of sp³-hybridized carbons (Fsp3) is 0.577. The van der Waals surface area contributed by atoms with Gasteiger partial charge >= 0.3 is 18.2 Å². The first kappa shape index (κ1) is 76.9. The molecule has 0 spiro atoms. The summed E-state index contributed by atoms with van der Waals surface area (Å²) in [7, 11) is 0. The number of esters is 1. The summed E-state index contributed by atoms with van der Waals surface area (Å²) in [5.74, 6) is -4.14. The van der Waals surface area contributed by atoms with E-state index in [-0.39, 0.29) is 138 Å². The average Bonchev–Trinajstić information content (AvgIpc) is 1.33. The summed E-state index contributed by atoms with van der Waals surface area (Å²) in [4.78, 5) is 146. The Morgan fingerprint density at radius 2 is 1.54 bits per heavy atom. The van der Waals surface area contributed by atoms with Crippen molar-refractivity contribution in [2.24, 2.45) is 22.7 Å². The van der Waals surface area contributed by atoms with Crippen LogP contribution in [0, 0.1) is 11.8 Å². The number of primary amides is 1. The van der Waals surface area contributed by atoms with E-state index in [2.05, 4.69) is 59.4 Å². The van der Waals surface area contributed by atoms with E-state index in [4.69, 9.17) is 39.2 Å². The number of hydrogen-bond donors (Lipinski definition) is 6. The maximum absolute atomic E-state index is 14.4. The molecule has 2 aromatic carbocycles. The zero-order valence-corrected chi connectivity index (χ0v) is 59.0. The van der Waals surface area contributed by atoms with Gasteiger partial charge < -0.3 is 65.4 Å². The Hall–Kier alpha value is -8.43. The lowest BCUT2D eigenvalue weighted by atomic mass is 9.82. The lowest BCUT2D eigenvalue weighted by Crippen LogP contribution is -2.54. The number of nitrogens with zero attached hydrogens (tertiary/aromatic N) is 4. The number of ether oxygens (including phenoxy) is 5. The van der Waals surface area contributed by atoms with Crippen LogP contribution in [-0.2, 0) is 87.4 Å². The van der Waals surface area contributed by atoms with Gasteiger partial charge in [0.1, 0.15) is 30.9 Å². The van der Waals surface area contributed by atoms with Gasteiger partial charge in [-0.3, -0.25) is 38.5 Å². The van der Waals surface area contributed by atoms with Crippen LogP contribution in [0.2, 0.25) is 0 Å². The van der Waals surface area contributed by atoms with E-state index >= 15 is 0 Å². The molecule has 5 heterocycles. The Morgan fingerprint density at radius 3 is 2.21 bits per heavy atom. The molecule has 8 amide bonds. The summed E-state index contributed by atoms with van der Waals surface area (Å²) in [5.41, 5.74) is 6.20. The van der Waals surface area contributed by atoms with Crippen LogP contribution in [0.5, 0.6) is 0 Å². The lowest BCUT2D eigenvalue weighted by molar-refractivity contribution is -0.175. The highest BCUT2D eigenvalue weighted by atomic mass is 32.2. The highest BCUT2D eigenvalue weighted by Crippen LogP contribution is 2.49. The van der Waals surface area contributed by atoms with Crippen molar-refractivity contribution in [1.82, 2.24) is 35.7 Å². The first-order valence-electron chi connectivity index (χ1n) is 34.2. The number of anilines is 1. The van der Waals surface area contributed by atoms with Gasteiger partial charge in [-0.1, -0.05) is 110 Å². The number of aromatic nitrogens is 2. The van der Waals surface area contributed by atoms with Gasteiger partial charge in [-0.15, -0.1) is 0 Å². The fourth-order valence-electron chi connectivity index (χ4n) is 12.5. The maximum atomic E-state index is 14.4. The van der Waals surface area contributed by atoms with E-state index in [0.717, 1.165) is 50.3 Å². The molecule has 98 heavy (non-hydrogen) atoms. The number of rotatable bonds is 38. The minimum atomic E-state index is -2.06. The fourth-order valence-corrected chi connectivity index (χ4v) is 14.6. The first-order chi connectivity index (χ1) is 46.8. The number of amides is 8. The highest BCUT2D eigenvalue weighted by molar-refractivity contribution is 8.01. The van der Waals surface area contributed by atoms with Crippen LogP contribution in [0.25, 0.3) is 22.3 Å². The number of likely N-dealkylation sites (tertiary alicyclic amines) is 1. The molecule has 3 aliphatic heterocycles. The molecule has 3 aliphatic rings. The smallest absolute Gasteiger partial charge is 0.457 e. The number of thioether (sulfide) groups is 1. The predicted molar refractivity (Wildman–Crippen MR) is 370 cm³/mol. The van der Waals surface area contributed by atoms with E-state index in [0.29, 0.717) is 44.5 Å². The molecule has 1 fully saturated rings. The molecule has 1 saturated heterocycles. The number of imide groups is 1. The number of fused-ring (bicyclic) bond motifs is 5. The van der Waals surface area contributed by atoms with Crippen LogP contribution in [0.3, 0.4) is 0 Å². The number of hydrogen-bond acceptors (Lipinski definition) is 19. The van der Waals surface area contributed by atoms with E-state index in [1.54, 1.807) is 61.9 Å². The van der Waals surface area contributed by atoms with Crippen LogP contribution in [0.4, 0.5) is 15.3 Å². The third-order valence-electron chi connectivity index (χ3n) is 17.4. The van der Waals surface area contributed by atoms with Crippen molar-refractivity contribution < 1.29 is 71.7 Å². The van der Waals surface area contributed by atoms with E-state index in [9.17, 15) is 47.9 Å². The number of benzene rings is 2. The van der Waals surface area contributed by atoms with Gasteiger partial charge in [0, 0.05) is 76.7 Å². The molecule has 2 aromatic heterocycles. The van der Waals surface area contributed by atoms with E-state index < -0.39 is 76.6 Å². The molecule has 0 radical (unpaired) electrons. The van der Waals surface area contributed by atoms with Gasteiger partial charge in [-0.05, 0) is 95.0 Å². The van der Waals surface area contributed by atoms with Gasteiger partial charge in [0.15, 0.2) is 0 Å². The molecule has 2 unspecified atom stereocenters. The Morgan fingerprint density at radius 1 is 0.827 bits per heavy atom. The Balaban J connectivity index is 0.859. The number of carbonyl (C=O) groups excluding carboxylic acids is 9. The standard InChI is InChI=1S/C71H98N10O16S/c1-11-15-19-45(7)98-70(29-12-2,30-13-3)53-39-59(84)80(65(53)88)33-27-57(82)73-32-35-93-37-36-92-34-28-58(83)79-60(44(5)6)63(86)78-55(22-18-31-74-67(72)90)62(85)76-47-25-23-46(24-26-47)42-95-68(91)96-71(14-4)52-38-56-61-50(41-81(56)64(87)51(52)43-94-66(71)89)49(40-75-97-69(8,9)10)48-20-16-17-21-54(48)77-61/h16-17,20-21,23-26,38,40,44-45,53,55,60H,11-15,18-19,22,27-37,39,41-43H2,1-10H3,(H,73,82)(H,76,85)(H,78,86)(H,79,83)(H3,72,74,90)/b75-40+/t45?,53?,55-,60-,71+/m0/s1. The molecular formula is C71H98N10O16S. The van der Waals surface area contributed by atoms with Crippen LogP contribution < -0.4 is 37.9 Å². The van der Waals surface area contributed by atoms with Crippen molar-refractivity contribution in [3.63, 3.8) is 0 Å². The number of para-hydroxylation sites is 1. The monoisotopic (exact) mass is 1380 g/mol. The molecule has 4 aromatic rings. The van der Waals surface area contributed by atoms with Crippen molar-refractivity contribution >= 4 is 88.2 Å². The number of cyclic esters (lactones) is 1. The van der Waals surface area contributed by atoms with Crippen LogP contribution in [0.15, 0.2) is 64.5 Å². The Kier molecular flexibility index (Phi) is 28.2. The molecule has 5 atom stereocenters. The summed E-state index contributed by atoms with van der Waals surface area (Å²) in [6, 6.07) is 12.4. The van der Waals surface area contributed by atoms with Crippen molar-refractivity contribution in [2.45, 2.75) is 206 Å². The van der Waals surface area contributed by atoms with Crippen LogP contribution >= 0.6 is 11.8 Å². The van der Waals surface area contributed by atoms with Crippen molar-refractivity contribution in [1.29, 1.82) is 0 Å². The number of urea groups is 1. The second-order valence-electron chi connectivity index (χ2n) is 26.3. The minimum Gasteiger partial charge on any atom is -0.457 e. The summed E-state index contributed by atoms with van der Waals surface area (Å²) >= 11 is 1.87. The summed E-state index contributed by atoms with van der Waals surface area (Å²) < 4.78 is 29.4. The second-order valence-corrected chi connectivity index (χ2v) is 28.2. The number of pyridine rings is 2. The number of nitrogens with one attached hydrogen (secondary N) is 5. The van der Waals surface area contributed by atoms with Gasteiger partial charge in [0.25, 0.3) is 5.56 Å². The molecule has 26 nitrogen and oxygen atoms in total. The topological polar surface area (TPSA) is 346 Å². The summed E-state index contributed by atoms with van der Waals surface area (Å²) in [5, 5.41) is 19.0. The van der Waals surface area contributed by atoms with Gasteiger partial charge in [-0.25, -0.2) is 19.4 Å². The highest BCUT2D eigenvalue weighted by Gasteiger charge is 2.53. The summed E-state index contributed by atoms with van der Waals surface area (Å²) in [6.45, 7) is 19.6. The molecule has 7 rings (SSSR count). The average molecular weight is 1380 g/mol. The number of oxime groups is 1. The largest absolute Gasteiger partial charge is 0.510 e. The number of carbonyl (C=O) groups is 9. The zero-order chi connectivity index (χ0) is 71.3. The predicted octanol–water partition coefficient (Wildman–Crippen LogP) is 8.56. The van der Waals surface area contributed by atoms with E-state index in [1.807, 2.05) is 56.8 Å². The molecule has 7 N–H and O–H groups in total. The second kappa shape index (κ2) is 35.9. The van der Waals surface area contributed by atoms with E-state index in [1.165, 1.54) is 4.90 Å². The van der Waals surface area contributed by atoms with Crippen molar-refractivity contribution in [2.75, 3.05) is 51.4 Å². The molecule has 0 saturated carbocycles. The maximum Gasteiger partial charge on any atom is 0.510 e. The van der Waals surface area contributed by atoms with Crippen LogP contribution in [-0.4, -0.2) is 148 Å². The van der Waals surface area contributed by atoms with Gasteiger partial charge in [0.2, 0.25) is 41.0 Å². The molecule has 534 valence electrons. The minimum absolute atomic E-state index is 0.00495. The first-order valence-corrected chi connectivity index (χ1v) is 35.1. The van der Waals surface area contributed by atoms with Crippen LogP contribution in [0.1, 0.15) is 181 Å². The van der Waals surface area contributed by atoms with Gasteiger partial charge in [0.05, 0.1) is 67.6 Å². The van der Waals surface area contributed by atoms with Gasteiger partial charge in [-0.2, -0.15) is 11.8 Å². The number of unbranched alkanes of at least 4 members (excludes halogenated alkanes) is 1. The normalized spacial score (nSPS) is 16.8. The molecule has 0 bridgehead atoms. The van der Waals surface area contributed by atoms with Crippen molar-refractivity contribution in [3.8, 4) is 11.4 Å². The Bertz CT molecular complexity index is 3590. The van der Waals surface area contributed by atoms with Crippen molar-refractivity contribution in [3.05, 3.63) is 92.8 Å². The molecular weight excluding hydrogens is 1280 g/mol. The molecule has 0 aliphatic carbocycles. The Labute approximate surface area is 577 Å². The number of nitrogens with two attached hydrogens (primary N) is 1. The summed E-state index contributed by atoms with van der Waals surface area (Å²) in [6.07, 6.45) is 7.43. The third-order valence-corrected chi connectivity index (χ3v) is 19.2. The third kappa shape index (κ3) is 20.1. The zero-order valence-electron chi connectivity index (χ0n) is 58.2. The molecule has 27 heteroatoms. The SMILES string of the molecule is CCCCC(C)SC(CCC)(CCC)C1CC(=O)N(CCC(=O)NCCOCCOCCC(=O)N[C@H](C(=O)N[C@@H](CCCNC(N)=O)C(=O)Nc2ccc(COC(=O)O[C@@]3(CC)C(=O)OCc4c3cc3n(c4=O)Cc4c-3nc3ccccc3c4/C=N/OC(C)(C)C)cc2)C(C)C)C1=O.